The summed E-state index contributed by atoms with van der Waals surface area (Å²) in [5.74, 6) is -1.58. The average molecular weight is 308 g/mol. The molecule has 0 aliphatic carbocycles. The summed E-state index contributed by atoms with van der Waals surface area (Å²) >= 11 is 0. The fourth-order valence-corrected chi connectivity index (χ4v) is 3.38. The highest BCUT2D eigenvalue weighted by atomic mass is 31.2. The van der Waals surface area contributed by atoms with Crippen LogP contribution < -0.4 is 5.09 Å². The van der Waals surface area contributed by atoms with Crippen LogP contribution in [-0.2, 0) is 18.7 Å². The van der Waals surface area contributed by atoms with E-state index in [0.29, 0.717) is 19.4 Å². The molecule has 0 aromatic carbocycles. The molecule has 1 fully saturated rings. The second-order valence-corrected chi connectivity index (χ2v) is 6.56. The van der Waals surface area contributed by atoms with Crippen LogP contribution in [0.1, 0.15) is 33.6 Å². The molecular formula is C11H21N2O6P. The summed E-state index contributed by atoms with van der Waals surface area (Å²) < 4.78 is 16.5. The number of nitrogens with zero attached hydrogens (tertiary/aromatic N) is 1. The first kappa shape index (κ1) is 17.1. The van der Waals surface area contributed by atoms with Crippen LogP contribution in [0, 0.1) is 0 Å². The number of likely N-dealkylation sites (tertiary alicyclic amines) is 1. The van der Waals surface area contributed by atoms with Gasteiger partial charge in [-0.3, -0.25) is 9.32 Å². The minimum Gasteiger partial charge on any atom is -0.480 e. The molecule has 0 aromatic rings. The zero-order chi connectivity index (χ0) is 15.5. The molecule has 1 unspecified atom stereocenters. The molecule has 0 saturated carbocycles. The zero-order valence-corrected chi connectivity index (χ0v) is 12.7. The summed E-state index contributed by atoms with van der Waals surface area (Å²) in [6.45, 7) is 4.94. The normalized spacial score (nSPS) is 23.6. The third-order valence-corrected chi connectivity index (χ3v) is 4.32. The van der Waals surface area contributed by atoms with Gasteiger partial charge >= 0.3 is 13.7 Å². The molecule has 20 heavy (non-hydrogen) atoms. The van der Waals surface area contributed by atoms with Crippen LogP contribution >= 0.6 is 7.75 Å². The highest BCUT2D eigenvalue weighted by Crippen LogP contribution is 2.39. The Hall–Kier alpha value is -0.950. The first-order valence-electron chi connectivity index (χ1n) is 6.46. The second-order valence-electron chi connectivity index (χ2n) is 5.05. The number of nitrogens with one attached hydrogen (secondary N) is 1. The van der Waals surface area contributed by atoms with Crippen LogP contribution in [0.15, 0.2) is 0 Å². The van der Waals surface area contributed by atoms with E-state index in [1.165, 1.54) is 11.8 Å². The smallest absolute Gasteiger partial charge is 0.403 e. The van der Waals surface area contributed by atoms with Gasteiger partial charge in [0.1, 0.15) is 6.04 Å². The van der Waals surface area contributed by atoms with Crippen molar-refractivity contribution in [2.24, 2.45) is 0 Å². The number of rotatable bonds is 6. The lowest BCUT2D eigenvalue weighted by Gasteiger charge is -2.26. The van der Waals surface area contributed by atoms with Gasteiger partial charge in [0.15, 0.2) is 0 Å². The highest BCUT2D eigenvalue weighted by molar-refractivity contribution is 7.50. The van der Waals surface area contributed by atoms with Gasteiger partial charge in [0.2, 0.25) is 5.91 Å². The molecular weight excluding hydrogens is 287 g/mol. The zero-order valence-electron chi connectivity index (χ0n) is 11.8. The Morgan fingerprint density at radius 1 is 1.40 bits per heavy atom. The Balaban J connectivity index is 2.67. The van der Waals surface area contributed by atoms with Gasteiger partial charge in [-0.2, -0.15) is 0 Å². The summed E-state index contributed by atoms with van der Waals surface area (Å²) in [5, 5.41) is 11.3. The Morgan fingerprint density at radius 3 is 2.50 bits per heavy atom. The quantitative estimate of drug-likeness (QED) is 0.614. The maximum atomic E-state index is 12.1. The van der Waals surface area contributed by atoms with Crippen molar-refractivity contribution in [2.75, 3.05) is 6.54 Å². The van der Waals surface area contributed by atoms with Crippen molar-refractivity contribution >= 4 is 19.6 Å². The van der Waals surface area contributed by atoms with E-state index in [1.54, 1.807) is 13.8 Å². The molecule has 1 aliphatic heterocycles. The first-order valence-corrected chi connectivity index (χ1v) is 8.04. The Morgan fingerprint density at radius 2 is 2.00 bits per heavy atom. The van der Waals surface area contributed by atoms with Crippen molar-refractivity contribution in [1.82, 2.24) is 9.99 Å². The lowest BCUT2D eigenvalue weighted by atomic mass is 10.2. The number of aliphatic carboxylic acids is 1. The van der Waals surface area contributed by atoms with Crippen molar-refractivity contribution < 1.29 is 28.7 Å². The predicted molar refractivity (Wildman–Crippen MR) is 71.0 cm³/mol. The third-order valence-electron chi connectivity index (χ3n) is 2.90. The molecule has 1 amide bonds. The highest BCUT2D eigenvalue weighted by Gasteiger charge is 2.37. The minimum atomic E-state index is -4.09. The third kappa shape index (κ3) is 4.56. The minimum absolute atomic E-state index is 0.336. The first-order chi connectivity index (χ1) is 9.14. The van der Waals surface area contributed by atoms with E-state index in [-0.39, 0.29) is 0 Å². The summed E-state index contributed by atoms with van der Waals surface area (Å²) in [4.78, 5) is 33.9. The van der Waals surface area contributed by atoms with Crippen molar-refractivity contribution in [3.05, 3.63) is 0 Å². The number of hydrogen-bond acceptors (Lipinski definition) is 4. The van der Waals surface area contributed by atoms with Gasteiger partial charge < -0.3 is 14.9 Å². The molecule has 1 heterocycles. The number of carboxylic acids is 1. The predicted octanol–water partition coefficient (Wildman–Crippen LogP) is 0.565. The van der Waals surface area contributed by atoms with E-state index in [1.807, 2.05) is 0 Å². The van der Waals surface area contributed by atoms with Gasteiger partial charge in [-0.1, -0.05) is 0 Å². The molecule has 8 nitrogen and oxygen atoms in total. The van der Waals surface area contributed by atoms with Gasteiger partial charge in [0.25, 0.3) is 0 Å². The Kier molecular flexibility index (Phi) is 5.70. The molecule has 1 aliphatic rings. The fraction of sp³-hybridized carbons (Fsp3) is 0.818. The van der Waals surface area contributed by atoms with Crippen molar-refractivity contribution in [3.63, 3.8) is 0 Å². The van der Waals surface area contributed by atoms with Crippen molar-refractivity contribution in [2.45, 2.75) is 51.8 Å². The second kappa shape index (κ2) is 6.67. The molecule has 116 valence electrons. The van der Waals surface area contributed by atoms with Crippen molar-refractivity contribution in [3.8, 4) is 0 Å². The standard InChI is InChI=1S/C11H21N2O6P/c1-7(2)19-20(17,18)12-8(3)10(14)13-6-4-5-9(13)11(15)16/h7-9H,4-6H2,1-3H3,(H,15,16)(H2,12,17,18)/t8-,9-/m0/s1. The monoisotopic (exact) mass is 308 g/mol. The summed E-state index contributed by atoms with van der Waals surface area (Å²) in [6.07, 6.45) is 0.529. The molecule has 3 N–H and O–H groups in total. The maximum absolute atomic E-state index is 12.1. The van der Waals surface area contributed by atoms with Crippen LogP contribution in [0.4, 0.5) is 0 Å². The van der Waals surface area contributed by atoms with Crippen LogP contribution in [0.5, 0.6) is 0 Å². The van der Waals surface area contributed by atoms with Crippen LogP contribution in [0.2, 0.25) is 0 Å². The van der Waals surface area contributed by atoms with Crippen LogP contribution in [-0.4, -0.2) is 51.5 Å². The van der Waals surface area contributed by atoms with Gasteiger partial charge in [-0.15, -0.1) is 0 Å². The van der Waals surface area contributed by atoms with Gasteiger partial charge in [-0.05, 0) is 33.6 Å². The summed E-state index contributed by atoms with van der Waals surface area (Å²) in [7, 11) is -4.09. The molecule has 0 bridgehead atoms. The number of carbonyl (C=O) groups is 2. The van der Waals surface area contributed by atoms with Gasteiger partial charge in [-0.25, -0.2) is 14.4 Å². The van der Waals surface area contributed by atoms with Crippen LogP contribution in [0.25, 0.3) is 0 Å². The molecule has 1 rings (SSSR count). The number of amides is 1. The van der Waals surface area contributed by atoms with Gasteiger partial charge in [0, 0.05) is 6.54 Å². The van der Waals surface area contributed by atoms with E-state index in [0.717, 1.165) is 0 Å². The number of carbonyl (C=O) groups excluding carboxylic acids is 1. The number of carboxylic acid groups (broad SMARTS) is 1. The summed E-state index contributed by atoms with van der Waals surface area (Å²) in [6, 6.07) is -1.86. The molecule has 1 saturated heterocycles. The molecule has 3 atom stereocenters. The van der Waals surface area contributed by atoms with Crippen LogP contribution in [0.3, 0.4) is 0 Å². The van der Waals surface area contributed by atoms with E-state index in [4.69, 9.17) is 9.63 Å². The Labute approximate surface area is 117 Å². The SMILES string of the molecule is CC(C)OP(=O)(O)N[C@@H](C)C(=O)N1CCC[C@H]1C(=O)O. The number of hydrogen-bond donors (Lipinski definition) is 3. The lowest BCUT2D eigenvalue weighted by molar-refractivity contribution is -0.148. The fourth-order valence-electron chi connectivity index (χ4n) is 2.15. The summed E-state index contributed by atoms with van der Waals surface area (Å²) in [5.41, 5.74) is 0. The van der Waals surface area contributed by atoms with E-state index in [9.17, 15) is 19.0 Å². The Bertz CT molecular complexity index is 427. The lowest BCUT2D eigenvalue weighted by Crippen LogP contribution is -2.48. The molecule has 9 heteroatoms. The topological polar surface area (TPSA) is 116 Å². The van der Waals surface area contributed by atoms with E-state index < -0.39 is 37.8 Å². The van der Waals surface area contributed by atoms with E-state index in [2.05, 4.69) is 5.09 Å². The average Bonchev–Trinajstić information content (AvgIpc) is 2.73. The van der Waals surface area contributed by atoms with E-state index >= 15 is 0 Å². The molecule has 0 radical (unpaired) electrons. The van der Waals surface area contributed by atoms with Crippen molar-refractivity contribution in [1.29, 1.82) is 0 Å². The van der Waals surface area contributed by atoms with Gasteiger partial charge in [0.05, 0.1) is 12.1 Å². The molecule has 0 spiro atoms. The molecule has 0 aromatic heterocycles. The maximum Gasteiger partial charge on any atom is 0.403 e. The largest absolute Gasteiger partial charge is 0.480 e.